The third-order valence-corrected chi connectivity index (χ3v) is 7.95. The second-order valence-electron chi connectivity index (χ2n) is 9.86. The van der Waals surface area contributed by atoms with Crippen LogP contribution in [0.1, 0.15) is 58.8 Å². The van der Waals surface area contributed by atoms with E-state index in [9.17, 15) is 9.90 Å². The van der Waals surface area contributed by atoms with Crippen molar-refractivity contribution in [2.45, 2.75) is 100.0 Å². The van der Waals surface area contributed by atoms with E-state index in [1.165, 1.54) is 5.57 Å². The molecule has 0 aromatic heterocycles. The maximum Gasteiger partial charge on any atom is 0.408 e. The number of aliphatic hydroxyl groups is 1. The Labute approximate surface area is 172 Å². The van der Waals surface area contributed by atoms with Crippen LogP contribution in [0.5, 0.6) is 0 Å². The summed E-state index contributed by atoms with van der Waals surface area (Å²) in [7, 11) is 1.68. The number of hydrogen-bond acceptors (Lipinski definition) is 6. The molecule has 0 radical (unpaired) electrons. The quantitative estimate of drug-likeness (QED) is 0.519. The number of allylic oxidation sites excluding steroid dienone is 1. The second-order valence-corrected chi connectivity index (χ2v) is 9.86. The third-order valence-electron chi connectivity index (χ3n) is 7.95. The molecule has 29 heavy (non-hydrogen) atoms. The molecule has 7 atom stereocenters. The number of nitrogens with one attached hydrogen (secondary N) is 1. The molecule has 2 N–H and O–H groups in total. The van der Waals surface area contributed by atoms with Gasteiger partial charge in [0.25, 0.3) is 0 Å². The first kappa shape index (κ1) is 19.8. The van der Waals surface area contributed by atoms with Crippen LogP contribution >= 0.6 is 0 Å². The van der Waals surface area contributed by atoms with E-state index in [2.05, 4.69) is 25.2 Å². The molecule has 2 heterocycles. The van der Waals surface area contributed by atoms with Gasteiger partial charge in [-0.05, 0) is 46.0 Å². The molecule has 0 aromatic rings. The van der Waals surface area contributed by atoms with Gasteiger partial charge >= 0.3 is 6.09 Å². The number of amides is 1. The molecule has 2 spiro atoms. The average molecular weight is 408 g/mol. The first-order valence-electron chi connectivity index (χ1n) is 11.0. The Morgan fingerprint density at radius 1 is 1.24 bits per heavy atom. The molecule has 5 unspecified atom stereocenters. The van der Waals surface area contributed by atoms with Crippen molar-refractivity contribution in [3.05, 3.63) is 11.6 Å². The van der Waals surface area contributed by atoms with E-state index in [0.29, 0.717) is 0 Å². The standard InChI is InChI=1S/C22H33NO6/c1-13(2)6-7-15-22(28-15)17-16(26-3)14(8-11-21(17)18(22)29-21)27-19(25)23-20(12-24)9-4-5-10-20/h6,14-18,24H,4-5,7-12H2,1-3H3,(H,23,25)/t14?,15-,16?,17?,18?,21-,22?/m1/s1. The number of rotatable bonds is 6. The molecule has 162 valence electrons. The molecule has 5 fully saturated rings. The number of fused-ring (bicyclic) bond motifs is 2. The molecule has 0 bridgehead atoms. The van der Waals surface area contributed by atoms with Gasteiger partial charge in [0.2, 0.25) is 0 Å². The summed E-state index contributed by atoms with van der Waals surface area (Å²) in [5, 5.41) is 12.7. The second kappa shape index (κ2) is 6.67. The number of carbonyl (C=O) groups is 1. The Bertz CT molecular complexity index is 714. The van der Waals surface area contributed by atoms with Crippen LogP contribution in [0.25, 0.3) is 0 Å². The smallest absolute Gasteiger partial charge is 0.408 e. The van der Waals surface area contributed by atoms with Crippen LogP contribution in [0.4, 0.5) is 4.79 Å². The molecular formula is C22H33NO6. The lowest BCUT2D eigenvalue weighted by molar-refractivity contribution is -0.134. The van der Waals surface area contributed by atoms with Crippen LogP contribution in [-0.4, -0.2) is 66.1 Å². The monoisotopic (exact) mass is 407 g/mol. The van der Waals surface area contributed by atoms with E-state index in [4.69, 9.17) is 18.9 Å². The molecule has 1 amide bonds. The van der Waals surface area contributed by atoms with Crippen LogP contribution in [-0.2, 0) is 18.9 Å². The summed E-state index contributed by atoms with van der Waals surface area (Å²) in [6.07, 6.45) is 7.60. The van der Waals surface area contributed by atoms with Gasteiger partial charge in [0.05, 0.1) is 24.2 Å². The molecule has 5 rings (SSSR count). The van der Waals surface area contributed by atoms with Gasteiger partial charge in [0.1, 0.15) is 29.5 Å². The Hall–Kier alpha value is -1.15. The first-order chi connectivity index (χ1) is 13.9. The molecule has 2 aliphatic heterocycles. The zero-order valence-electron chi connectivity index (χ0n) is 17.6. The van der Waals surface area contributed by atoms with E-state index in [-0.39, 0.29) is 48.1 Å². The molecule has 3 aliphatic carbocycles. The van der Waals surface area contributed by atoms with Gasteiger partial charge in [-0.25, -0.2) is 4.79 Å². The number of epoxide rings is 2. The summed E-state index contributed by atoms with van der Waals surface area (Å²) in [4.78, 5) is 12.6. The zero-order valence-corrected chi connectivity index (χ0v) is 17.6. The van der Waals surface area contributed by atoms with Crippen molar-refractivity contribution in [1.29, 1.82) is 0 Å². The molecule has 7 nitrogen and oxygen atoms in total. The summed E-state index contributed by atoms with van der Waals surface area (Å²) in [6.45, 7) is 4.14. The maximum atomic E-state index is 12.6. The van der Waals surface area contributed by atoms with Gasteiger partial charge in [-0.1, -0.05) is 24.5 Å². The summed E-state index contributed by atoms with van der Waals surface area (Å²) >= 11 is 0. The van der Waals surface area contributed by atoms with Crippen LogP contribution in [0, 0.1) is 5.92 Å². The first-order valence-corrected chi connectivity index (χ1v) is 11.0. The highest BCUT2D eigenvalue weighted by Crippen LogP contribution is 2.77. The SMILES string of the molecule is COC1C(OC(=O)NC2(CO)CCCC2)CC[C@]23OC2C2(O[C@@H]2CC=C(C)C)C13. The van der Waals surface area contributed by atoms with Gasteiger partial charge in [-0.15, -0.1) is 0 Å². The average Bonchev–Trinajstić information content (AvgIpc) is 3.52. The molecule has 3 saturated carbocycles. The van der Waals surface area contributed by atoms with Gasteiger partial charge in [0, 0.05) is 7.11 Å². The van der Waals surface area contributed by atoms with Crippen molar-refractivity contribution >= 4 is 6.09 Å². The summed E-state index contributed by atoms with van der Waals surface area (Å²) in [6, 6.07) is 0. The van der Waals surface area contributed by atoms with Gasteiger partial charge in [-0.2, -0.15) is 0 Å². The Kier molecular flexibility index (Phi) is 4.55. The van der Waals surface area contributed by atoms with Crippen LogP contribution < -0.4 is 5.32 Å². The molecule has 7 heteroatoms. The minimum absolute atomic E-state index is 0.0509. The Balaban J connectivity index is 1.26. The van der Waals surface area contributed by atoms with Crippen molar-refractivity contribution in [1.82, 2.24) is 5.32 Å². The predicted molar refractivity (Wildman–Crippen MR) is 104 cm³/mol. The molecule has 2 saturated heterocycles. The van der Waals surface area contributed by atoms with E-state index < -0.39 is 11.6 Å². The zero-order chi connectivity index (χ0) is 20.4. The fraction of sp³-hybridized carbons (Fsp3) is 0.864. The highest BCUT2D eigenvalue weighted by molar-refractivity contribution is 5.68. The Morgan fingerprint density at radius 2 is 2.00 bits per heavy atom. The van der Waals surface area contributed by atoms with Gasteiger partial charge in [0.15, 0.2) is 0 Å². The summed E-state index contributed by atoms with van der Waals surface area (Å²) in [5.41, 5.74) is 0.331. The summed E-state index contributed by atoms with van der Waals surface area (Å²) < 4.78 is 24.1. The maximum absolute atomic E-state index is 12.6. The van der Waals surface area contributed by atoms with Crippen LogP contribution in [0.2, 0.25) is 0 Å². The highest BCUT2D eigenvalue weighted by Gasteiger charge is 2.94. The van der Waals surface area contributed by atoms with Gasteiger partial charge < -0.3 is 29.4 Å². The lowest BCUT2D eigenvalue weighted by Gasteiger charge is -2.48. The lowest BCUT2D eigenvalue weighted by atomic mass is 9.55. The highest BCUT2D eigenvalue weighted by atomic mass is 16.7. The molecular weight excluding hydrogens is 374 g/mol. The largest absolute Gasteiger partial charge is 0.443 e. The lowest BCUT2D eigenvalue weighted by Crippen LogP contribution is -2.66. The topological polar surface area (TPSA) is 92.9 Å². The van der Waals surface area contributed by atoms with E-state index in [0.717, 1.165) is 44.9 Å². The number of alkyl carbamates (subject to hydrolysis) is 1. The predicted octanol–water partition coefficient (Wildman–Crippen LogP) is 2.46. The minimum Gasteiger partial charge on any atom is -0.443 e. The number of hydrogen-bond donors (Lipinski definition) is 2. The van der Waals surface area contributed by atoms with Gasteiger partial charge in [-0.3, -0.25) is 0 Å². The fourth-order valence-electron chi connectivity index (χ4n) is 6.43. The molecule has 0 aromatic carbocycles. The minimum atomic E-state index is -0.535. The normalized spacial score (nSPS) is 45.6. The number of carbonyl (C=O) groups excluding carboxylic acids is 1. The van der Waals surface area contributed by atoms with E-state index in [1.807, 2.05) is 0 Å². The fourth-order valence-corrected chi connectivity index (χ4v) is 6.43. The van der Waals surface area contributed by atoms with Crippen molar-refractivity contribution in [2.24, 2.45) is 5.92 Å². The van der Waals surface area contributed by atoms with Crippen molar-refractivity contribution in [3.63, 3.8) is 0 Å². The van der Waals surface area contributed by atoms with Crippen molar-refractivity contribution in [2.75, 3.05) is 13.7 Å². The summed E-state index contributed by atoms with van der Waals surface area (Å²) in [5.74, 6) is 0.102. The van der Waals surface area contributed by atoms with Crippen molar-refractivity contribution < 1.29 is 28.8 Å². The number of ether oxygens (including phenoxy) is 4. The van der Waals surface area contributed by atoms with E-state index in [1.54, 1.807) is 7.11 Å². The molecule has 5 aliphatic rings. The number of aliphatic hydroxyl groups excluding tert-OH is 1. The van der Waals surface area contributed by atoms with E-state index >= 15 is 0 Å². The number of methoxy groups -OCH3 is 1. The Morgan fingerprint density at radius 3 is 2.66 bits per heavy atom. The van der Waals surface area contributed by atoms with Crippen LogP contribution in [0.15, 0.2) is 11.6 Å². The third kappa shape index (κ3) is 2.81. The van der Waals surface area contributed by atoms with Crippen LogP contribution in [0.3, 0.4) is 0 Å². The van der Waals surface area contributed by atoms with Crippen molar-refractivity contribution in [3.8, 4) is 0 Å².